The van der Waals surface area contributed by atoms with Crippen molar-refractivity contribution in [1.29, 1.82) is 0 Å². The molecule has 176 valence electrons. The summed E-state index contributed by atoms with van der Waals surface area (Å²) in [5.41, 5.74) is 3.54. The molecule has 0 saturated carbocycles. The molecule has 0 bridgehead atoms. The molecule has 2 amide bonds. The Morgan fingerprint density at radius 1 is 0.824 bits per heavy atom. The molecule has 1 fully saturated rings. The predicted molar refractivity (Wildman–Crippen MR) is 134 cm³/mol. The van der Waals surface area contributed by atoms with Crippen molar-refractivity contribution in [3.8, 4) is 5.75 Å². The van der Waals surface area contributed by atoms with Crippen LogP contribution < -0.4 is 10.1 Å². The highest BCUT2D eigenvalue weighted by atomic mass is 16.5. The van der Waals surface area contributed by atoms with Gasteiger partial charge >= 0.3 is 0 Å². The number of hydrogen-bond donors (Lipinski definition) is 1. The van der Waals surface area contributed by atoms with Gasteiger partial charge in [0, 0.05) is 43.0 Å². The fourth-order valence-electron chi connectivity index (χ4n) is 4.16. The first kappa shape index (κ1) is 23.5. The molecule has 6 nitrogen and oxygen atoms in total. The summed E-state index contributed by atoms with van der Waals surface area (Å²) in [6.45, 7) is 5.24. The van der Waals surface area contributed by atoms with E-state index in [0.717, 1.165) is 29.0 Å². The van der Waals surface area contributed by atoms with E-state index in [1.807, 2.05) is 83.8 Å². The SMILES string of the molecule is CCc1ccccc1NC(=O)CN1CCN(C(=O)c2ccccc2COc2ccccc2)CC1. The molecule has 0 unspecified atom stereocenters. The van der Waals surface area contributed by atoms with Gasteiger partial charge in [0.25, 0.3) is 5.91 Å². The van der Waals surface area contributed by atoms with Crippen molar-refractivity contribution in [3.05, 3.63) is 95.6 Å². The van der Waals surface area contributed by atoms with E-state index in [1.54, 1.807) is 0 Å². The van der Waals surface area contributed by atoms with Crippen molar-refractivity contribution in [1.82, 2.24) is 9.80 Å². The molecular formula is C28H31N3O3. The zero-order chi connectivity index (χ0) is 23.8. The standard InChI is InChI=1S/C28H31N3O3/c1-2-22-10-7-9-15-26(22)29-27(32)20-30-16-18-31(19-17-30)28(33)25-14-8-6-11-23(25)21-34-24-12-4-3-5-13-24/h3-15H,2,16-21H2,1H3,(H,29,32). The second kappa shape index (κ2) is 11.5. The van der Waals surface area contributed by atoms with Crippen LogP contribution in [0.5, 0.6) is 5.75 Å². The van der Waals surface area contributed by atoms with Gasteiger partial charge in [-0.05, 0) is 36.2 Å². The van der Waals surface area contributed by atoms with Gasteiger partial charge in [-0.3, -0.25) is 14.5 Å². The summed E-state index contributed by atoms with van der Waals surface area (Å²) in [5, 5.41) is 3.03. The van der Waals surface area contributed by atoms with Gasteiger partial charge in [-0.15, -0.1) is 0 Å². The van der Waals surface area contributed by atoms with Crippen LogP contribution in [-0.4, -0.2) is 54.3 Å². The van der Waals surface area contributed by atoms with Crippen molar-refractivity contribution < 1.29 is 14.3 Å². The first-order valence-corrected chi connectivity index (χ1v) is 11.8. The van der Waals surface area contributed by atoms with Crippen LogP contribution in [0.25, 0.3) is 0 Å². The summed E-state index contributed by atoms with van der Waals surface area (Å²) in [4.78, 5) is 29.8. The number of para-hydroxylation sites is 2. The predicted octanol–water partition coefficient (Wildman–Crippen LogP) is 4.22. The first-order valence-electron chi connectivity index (χ1n) is 11.8. The van der Waals surface area contributed by atoms with Crippen LogP contribution in [0.3, 0.4) is 0 Å². The number of carbonyl (C=O) groups is 2. The van der Waals surface area contributed by atoms with E-state index in [0.29, 0.717) is 44.9 Å². The highest BCUT2D eigenvalue weighted by Gasteiger charge is 2.25. The molecule has 1 aliphatic heterocycles. The summed E-state index contributed by atoms with van der Waals surface area (Å²) in [6, 6.07) is 25.1. The van der Waals surface area contributed by atoms with Crippen LogP contribution in [0.15, 0.2) is 78.9 Å². The van der Waals surface area contributed by atoms with Crippen LogP contribution in [0.1, 0.15) is 28.4 Å². The Labute approximate surface area is 201 Å². The van der Waals surface area contributed by atoms with E-state index < -0.39 is 0 Å². The summed E-state index contributed by atoms with van der Waals surface area (Å²) in [7, 11) is 0. The fraction of sp³-hybridized carbons (Fsp3) is 0.286. The summed E-state index contributed by atoms with van der Waals surface area (Å²) in [6.07, 6.45) is 0.870. The van der Waals surface area contributed by atoms with Crippen LogP contribution in [0.4, 0.5) is 5.69 Å². The van der Waals surface area contributed by atoms with E-state index in [1.165, 1.54) is 0 Å². The number of carbonyl (C=O) groups excluding carboxylic acids is 2. The zero-order valence-electron chi connectivity index (χ0n) is 19.6. The lowest BCUT2D eigenvalue weighted by atomic mass is 10.1. The lowest BCUT2D eigenvalue weighted by molar-refractivity contribution is -0.117. The van der Waals surface area contributed by atoms with Gasteiger partial charge in [0.2, 0.25) is 5.91 Å². The average Bonchev–Trinajstić information content (AvgIpc) is 2.88. The summed E-state index contributed by atoms with van der Waals surface area (Å²) < 4.78 is 5.87. The monoisotopic (exact) mass is 457 g/mol. The van der Waals surface area contributed by atoms with Gasteiger partial charge in [-0.2, -0.15) is 0 Å². The molecule has 3 aromatic rings. The van der Waals surface area contributed by atoms with Crippen LogP contribution in [0, 0.1) is 0 Å². The molecule has 0 aliphatic carbocycles. The Balaban J connectivity index is 1.30. The van der Waals surface area contributed by atoms with E-state index >= 15 is 0 Å². The number of amides is 2. The maximum Gasteiger partial charge on any atom is 0.254 e. The second-order valence-corrected chi connectivity index (χ2v) is 8.39. The lowest BCUT2D eigenvalue weighted by Gasteiger charge is -2.34. The Kier molecular flexibility index (Phi) is 7.94. The number of nitrogens with one attached hydrogen (secondary N) is 1. The molecule has 1 N–H and O–H groups in total. The Hall–Kier alpha value is -3.64. The minimum atomic E-state index is -0.0240. The summed E-state index contributed by atoms with van der Waals surface area (Å²) in [5.74, 6) is 0.760. The third-order valence-corrected chi connectivity index (χ3v) is 6.08. The van der Waals surface area contributed by atoms with E-state index in [4.69, 9.17) is 4.74 Å². The smallest absolute Gasteiger partial charge is 0.254 e. The highest BCUT2D eigenvalue weighted by Crippen LogP contribution is 2.18. The van der Waals surface area contributed by atoms with Crippen molar-refractivity contribution >= 4 is 17.5 Å². The van der Waals surface area contributed by atoms with Gasteiger partial charge in [-0.25, -0.2) is 0 Å². The Morgan fingerprint density at radius 2 is 1.47 bits per heavy atom. The van der Waals surface area contributed by atoms with Crippen molar-refractivity contribution in [3.63, 3.8) is 0 Å². The normalized spacial score (nSPS) is 14.0. The second-order valence-electron chi connectivity index (χ2n) is 8.39. The van der Waals surface area contributed by atoms with Crippen LogP contribution in [0.2, 0.25) is 0 Å². The third-order valence-electron chi connectivity index (χ3n) is 6.08. The molecule has 4 rings (SSSR count). The average molecular weight is 458 g/mol. The van der Waals surface area contributed by atoms with E-state index in [9.17, 15) is 9.59 Å². The van der Waals surface area contributed by atoms with Crippen LogP contribution in [-0.2, 0) is 17.8 Å². The minimum Gasteiger partial charge on any atom is -0.489 e. The van der Waals surface area contributed by atoms with E-state index in [2.05, 4.69) is 17.1 Å². The number of piperazine rings is 1. The van der Waals surface area contributed by atoms with Crippen molar-refractivity contribution in [2.45, 2.75) is 20.0 Å². The number of aryl methyl sites for hydroxylation is 1. The maximum atomic E-state index is 13.2. The Morgan fingerprint density at radius 3 is 2.21 bits per heavy atom. The Bertz CT molecular complexity index is 1110. The van der Waals surface area contributed by atoms with Gasteiger partial charge in [-0.1, -0.05) is 61.5 Å². The minimum absolute atomic E-state index is 0.00763. The highest BCUT2D eigenvalue weighted by molar-refractivity contribution is 5.96. The number of benzene rings is 3. The molecule has 0 radical (unpaired) electrons. The lowest BCUT2D eigenvalue weighted by Crippen LogP contribution is -2.50. The molecule has 0 spiro atoms. The molecule has 34 heavy (non-hydrogen) atoms. The fourth-order valence-corrected chi connectivity index (χ4v) is 4.16. The molecule has 1 aliphatic rings. The molecule has 6 heteroatoms. The number of anilines is 1. The van der Waals surface area contributed by atoms with Gasteiger partial charge in [0.05, 0.1) is 6.54 Å². The van der Waals surface area contributed by atoms with Crippen LogP contribution >= 0.6 is 0 Å². The van der Waals surface area contributed by atoms with E-state index in [-0.39, 0.29) is 11.8 Å². The molecule has 0 atom stereocenters. The molecular weight excluding hydrogens is 426 g/mol. The van der Waals surface area contributed by atoms with Gasteiger partial charge in [0.15, 0.2) is 0 Å². The largest absolute Gasteiger partial charge is 0.489 e. The quantitative estimate of drug-likeness (QED) is 0.550. The van der Waals surface area contributed by atoms with Crippen molar-refractivity contribution in [2.75, 3.05) is 38.0 Å². The number of ether oxygens (including phenoxy) is 1. The molecule has 1 saturated heterocycles. The molecule has 1 heterocycles. The van der Waals surface area contributed by atoms with Gasteiger partial charge < -0.3 is 15.0 Å². The maximum absolute atomic E-state index is 13.2. The molecule has 3 aromatic carbocycles. The molecule has 0 aromatic heterocycles. The summed E-state index contributed by atoms with van der Waals surface area (Å²) >= 11 is 0. The number of hydrogen-bond acceptors (Lipinski definition) is 4. The van der Waals surface area contributed by atoms with Gasteiger partial charge in [0.1, 0.15) is 12.4 Å². The number of rotatable bonds is 8. The van der Waals surface area contributed by atoms with Crippen molar-refractivity contribution in [2.24, 2.45) is 0 Å². The topological polar surface area (TPSA) is 61.9 Å². The first-order chi connectivity index (χ1) is 16.6. The third kappa shape index (κ3) is 6.02. The number of nitrogens with zero attached hydrogens (tertiary/aromatic N) is 2. The zero-order valence-corrected chi connectivity index (χ0v) is 19.6.